The summed E-state index contributed by atoms with van der Waals surface area (Å²) in [6.07, 6.45) is 4.04. The normalized spacial score (nSPS) is 15.6. The summed E-state index contributed by atoms with van der Waals surface area (Å²) in [5, 5.41) is 2.29. The van der Waals surface area contributed by atoms with Crippen molar-refractivity contribution in [3.05, 3.63) is 89.3 Å². The highest BCUT2D eigenvalue weighted by Gasteiger charge is 2.37. The fraction of sp³-hybridized carbons (Fsp3) is 0.125. The van der Waals surface area contributed by atoms with Crippen LogP contribution in [0.3, 0.4) is 0 Å². The van der Waals surface area contributed by atoms with Crippen LogP contribution in [0.15, 0.2) is 72.4 Å². The van der Waals surface area contributed by atoms with Crippen molar-refractivity contribution in [1.29, 1.82) is 0 Å². The largest absolute Gasteiger partial charge is 0.335 e. The summed E-state index contributed by atoms with van der Waals surface area (Å²) >= 11 is 0. The highest BCUT2D eigenvalue weighted by atomic mass is 16.2. The number of carbonyl (C=O) groups is 3. The number of barbiturate groups is 1. The van der Waals surface area contributed by atoms with Crippen LogP contribution in [0.2, 0.25) is 0 Å². The topological polar surface area (TPSA) is 71.4 Å². The average molecular weight is 399 g/mol. The van der Waals surface area contributed by atoms with Gasteiger partial charge in [0.1, 0.15) is 5.57 Å². The molecule has 0 bridgehead atoms. The molecule has 150 valence electrons. The number of hydrogen-bond acceptors (Lipinski definition) is 3. The number of benzene rings is 2. The number of hydrogen-bond donors (Lipinski definition) is 1. The Labute approximate surface area is 174 Å². The molecule has 0 spiro atoms. The molecule has 1 aromatic heterocycles. The SMILES string of the molecule is CCc1ccccc1N1C(=O)NC(=O)/C(=C/c2cc(C)n(-c3ccccc3)c2)C1=O. The summed E-state index contributed by atoms with van der Waals surface area (Å²) in [7, 11) is 0. The third-order valence-electron chi connectivity index (χ3n) is 5.09. The first-order chi connectivity index (χ1) is 14.5. The van der Waals surface area contributed by atoms with Gasteiger partial charge >= 0.3 is 6.03 Å². The molecule has 6 nitrogen and oxygen atoms in total. The van der Waals surface area contributed by atoms with Crippen molar-refractivity contribution < 1.29 is 14.4 Å². The zero-order chi connectivity index (χ0) is 21.3. The van der Waals surface area contributed by atoms with Gasteiger partial charge in [-0.1, -0.05) is 43.3 Å². The minimum atomic E-state index is -0.735. The minimum Gasteiger partial charge on any atom is -0.321 e. The number of aromatic nitrogens is 1. The zero-order valence-corrected chi connectivity index (χ0v) is 16.8. The van der Waals surface area contributed by atoms with E-state index < -0.39 is 17.8 Å². The number of urea groups is 1. The first kappa shape index (κ1) is 19.4. The maximum atomic E-state index is 13.2. The van der Waals surface area contributed by atoms with Crippen molar-refractivity contribution in [2.75, 3.05) is 4.90 Å². The van der Waals surface area contributed by atoms with Gasteiger partial charge in [0.25, 0.3) is 11.8 Å². The van der Waals surface area contributed by atoms with Crippen LogP contribution in [-0.2, 0) is 16.0 Å². The smallest absolute Gasteiger partial charge is 0.321 e. The van der Waals surface area contributed by atoms with Gasteiger partial charge in [0.05, 0.1) is 5.69 Å². The molecule has 0 saturated carbocycles. The molecule has 1 aliphatic rings. The molecule has 1 aliphatic heterocycles. The van der Waals surface area contributed by atoms with E-state index in [9.17, 15) is 14.4 Å². The summed E-state index contributed by atoms with van der Waals surface area (Å²) in [5.74, 6) is -1.32. The van der Waals surface area contributed by atoms with E-state index in [0.717, 1.165) is 21.8 Å². The molecule has 1 N–H and O–H groups in total. The number of anilines is 1. The second-order valence-corrected chi connectivity index (χ2v) is 7.06. The van der Waals surface area contributed by atoms with Crippen LogP contribution in [0.1, 0.15) is 23.7 Å². The second kappa shape index (κ2) is 7.83. The fourth-order valence-electron chi connectivity index (χ4n) is 3.62. The van der Waals surface area contributed by atoms with Crippen molar-refractivity contribution in [3.8, 4) is 5.69 Å². The van der Waals surface area contributed by atoms with Crippen LogP contribution >= 0.6 is 0 Å². The summed E-state index contributed by atoms with van der Waals surface area (Å²) in [5.41, 5.74) is 3.90. The van der Waals surface area contributed by atoms with Gasteiger partial charge in [-0.05, 0) is 54.8 Å². The van der Waals surface area contributed by atoms with Gasteiger partial charge in [0.2, 0.25) is 0 Å². The molecular weight excluding hydrogens is 378 g/mol. The molecule has 1 fully saturated rings. The number of nitrogens with one attached hydrogen (secondary N) is 1. The molecule has 2 heterocycles. The lowest BCUT2D eigenvalue weighted by atomic mass is 10.1. The standard InChI is InChI=1S/C24H21N3O3/c1-3-18-9-7-8-12-21(18)27-23(29)20(22(28)25-24(27)30)14-17-13-16(2)26(15-17)19-10-5-4-6-11-19/h4-15H,3H2,1-2H3,(H,25,28,30)/b20-14-. The molecule has 0 aliphatic carbocycles. The molecule has 6 heteroatoms. The van der Waals surface area contributed by atoms with E-state index in [4.69, 9.17) is 0 Å². The number of nitrogens with zero attached hydrogens (tertiary/aromatic N) is 2. The minimum absolute atomic E-state index is 0.0780. The third kappa shape index (κ3) is 3.43. The van der Waals surface area contributed by atoms with E-state index in [0.29, 0.717) is 17.7 Å². The Balaban J connectivity index is 1.74. The Bertz CT molecular complexity index is 1180. The van der Waals surface area contributed by atoms with Gasteiger partial charge in [0.15, 0.2) is 0 Å². The predicted molar refractivity (Wildman–Crippen MR) is 115 cm³/mol. The van der Waals surface area contributed by atoms with Crippen LogP contribution in [0.25, 0.3) is 11.8 Å². The summed E-state index contributed by atoms with van der Waals surface area (Å²) in [4.78, 5) is 39.1. The lowest BCUT2D eigenvalue weighted by molar-refractivity contribution is -0.122. The molecule has 30 heavy (non-hydrogen) atoms. The maximum Gasteiger partial charge on any atom is 0.335 e. The van der Waals surface area contributed by atoms with Crippen LogP contribution in [0.5, 0.6) is 0 Å². The number of rotatable bonds is 4. The van der Waals surface area contributed by atoms with Gasteiger partial charge in [-0.15, -0.1) is 0 Å². The van der Waals surface area contributed by atoms with Gasteiger partial charge in [0, 0.05) is 17.6 Å². The fourth-order valence-corrected chi connectivity index (χ4v) is 3.62. The van der Waals surface area contributed by atoms with Crippen molar-refractivity contribution in [1.82, 2.24) is 9.88 Å². The Kier molecular flexibility index (Phi) is 5.06. The lowest BCUT2D eigenvalue weighted by Gasteiger charge is -2.27. The monoisotopic (exact) mass is 399 g/mol. The molecule has 2 aromatic carbocycles. The summed E-state index contributed by atoms with van der Waals surface area (Å²) in [6.45, 7) is 3.90. The lowest BCUT2D eigenvalue weighted by Crippen LogP contribution is -2.54. The van der Waals surface area contributed by atoms with Crippen molar-refractivity contribution in [2.24, 2.45) is 0 Å². The molecule has 3 aromatic rings. The van der Waals surface area contributed by atoms with Gasteiger partial charge in [-0.2, -0.15) is 0 Å². The molecule has 0 atom stereocenters. The molecule has 1 saturated heterocycles. The van der Waals surface area contributed by atoms with E-state index in [-0.39, 0.29) is 5.57 Å². The quantitative estimate of drug-likeness (QED) is 0.532. The zero-order valence-electron chi connectivity index (χ0n) is 16.8. The maximum absolute atomic E-state index is 13.2. The Hall–Kier alpha value is -3.93. The summed E-state index contributed by atoms with van der Waals surface area (Å²) < 4.78 is 1.98. The molecule has 4 amide bonds. The van der Waals surface area contributed by atoms with E-state index >= 15 is 0 Å². The number of para-hydroxylation sites is 2. The number of amides is 4. The van der Waals surface area contributed by atoms with Crippen LogP contribution in [-0.4, -0.2) is 22.4 Å². The highest BCUT2D eigenvalue weighted by Crippen LogP contribution is 2.26. The van der Waals surface area contributed by atoms with Crippen LogP contribution in [0.4, 0.5) is 10.5 Å². The highest BCUT2D eigenvalue weighted by molar-refractivity contribution is 6.39. The van der Waals surface area contributed by atoms with Crippen LogP contribution < -0.4 is 10.2 Å². The average Bonchev–Trinajstić information content (AvgIpc) is 3.12. The second-order valence-electron chi connectivity index (χ2n) is 7.06. The predicted octanol–water partition coefficient (Wildman–Crippen LogP) is 4.01. The van der Waals surface area contributed by atoms with E-state index in [1.807, 2.05) is 73.1 Å². The Morgan fingerprint density at radius 3 is 2.40 bits per heavy atom. The number of imide groups is 2. The van der Waals surface area contributed by atoms with E-state index in [2.05, 4.69) is 5.32 Å². The molecular formula is C24H21N3O3. The number of carbonyl (C=O) groups excluding carboxylic acids is 3. The molecule has 0 radical (unpaired) electrons. The Morgan fingerprint density at radius 1 is 0.967 bits per heavy atom. The van der Waals surface area contributed by atoms with Gasteiger partial charge < -0.3 is 4.57 Å². The summed E-state index contributed by atoms with van der Waals surface area (Å²) in [6, 6.07) is 18.1. The molecule has 4 rings (SSSR count). The van der Waals surface area contributed by atoms with Crippen molar-refractivity contribution in [2.45, 2.75) is 20.3 Å². The third-order valence-corrected chi connectivity index (χ3v) is 5.09. The first-order valence-electron chi connectivity index (χ1n) is 9.73. The first-order valence-corrected chi connectivity index (χ1v) is 9.73. The van der Waals surface area contributed by atoms with Crippen molar-refractivity contribution in [3.63, 3.8) is 0 Å². The van der Waals surface area contributed by atoms with E-state index in [1.54, 1.807) is 12.1 Å². The van der Waals surface area contributed by atoms with Crippen LogP contribution in [0, 0.1) is 6.92 Å². The van der Waals surface area contributed by atoms with Gasteiger partial charge in [-0.25, -0.2) is 9.69 Å². The van der Waals surface area contributed by atoms with Gasteiger partial charge in [-0.3, -0.25) is 14.9 Å². The number of aryl methyl sites for hydroxylation is 2. The molecule has 0 unspecified atom stereocenters. The Morgan fingerprint density at radius 2 is 1.67 bits per heavy atom. The van der Waals surface area contributed by atoms with E-state index in [1.165, 1.54) is 6.08 Å². The van der Waals surface area contributed by atoms with Crippen molar-refractivity contribution >= 4 is 29.6 Å².